The lowest BCUT2D eigenvalue weighted by Gasteiger charge is -1.92. The van der Waals surface area contributed by atoms with E-state index in [1.807, 2.05) is 0 Å². The van der Waals surface area contributed by atoms with E-state index in [9.17, 15) is 0 Å². The molecule has 0 saturated heterocycles. The largest absolute Gasteiger partial charge is 0.411 e. The van der Waals surface area contributed by atoms with Gasteiger partial charge >= 0.3 is 0 Å². The van der Waals surface area contributed by atoms with Gasteiger partial charge < -0.3 is 10.0 Å². The highest BCUT2D eigenvalue weighted by atomic mass is 16.6. The van der Waals surface area contributed by atoms with Crippen molar-refractivity contribution in [1.29, 1.82) is 0 Å². The van der Waals surface area contributed by atoms with Crippen LogP contribution in [0.4, 0.5) is 0 Å². The van der Waals surface area contributed by atoms with Gasteiger partial charge in [0.2, 0.25) is 0 Å². The lowest BCUT2D eigenvalue weighted by molar-refractivity contribution is 0.262. The van der Waals surface area contributed by atoms with E-state index in [0.717, 1.165) is 5.56 Å². The molecule has 5 nitrogen and oxygen atoms in total. The minimum Gasteiger partial charge on any atom is -0.411 e. The summed E-state index contributed by atoms with van der Waals surface area (Å²) in [6.07, 6.45) is 4.28. The minimum atomic E-state index is 0.565. The first-order valence-corrected chi connectivity index (χ1v) is 3.45. The highest BCUT2D eigenvalue weighted by molar-refractivity contribution is 5.81. The maximum Gasteiger partial charge on any atom is 0.153 e. The first-order valence-electron chi connectivity index (χ1n) is 3.45. The van der Waals surface area contributed by atoms with Gasteiger partial charge in [0.05, 0.1) is 18.1 Å². The number of hydrogen-bond donors (Lipinski definition) is 1. The Morgan fingerprint density at radius 2 is 2.31 bits per heavy atom. The Bertz CT molecular complexity index is 306. The molecule has 5 heteroatoms. The van der Waals surface area contributed by atoms with E-state index in [1.165, 1.54) is 12.4 Å². The summed E-state index contributed by atoms with van der Waals surface area (Å²) < 4.78 is 0. The van der Waals surface area contributed by atoms with Crippen LogP contribution in [0.15, 0.2) is 28.6 Å². The zero-order valence-corrected chi connectivity index (χ0v) is 6.79. The fourth-order valence-corrected chi connectivity index (χ4v) is 0.727. The number of rotatable bonds is 3. The van der Waals surface area contributed by atoms with Gasteiger partial charge in [0.25, 0.3) is 0 Å². The van der Waals surface area contributed by atoms with Crippen LogP contribution in [-0.2, 0) is 4.84 Å². The molecule has 1 rings (SSSR count). The molecule has 1 heterocycles. The molecule has 0 aliphatic carbocycles. The summed E-state index contributed by atoms with van der Waals surface area (Å²) in [6, 6.07) is 3.44. The van der Waals surface area contributed by atoms with E-state index in [1.54, 1.807) is 18.3 Å². The molecule has 0 aliphatic heterocycles. The summed E-state index contributed by atoms with van der Waals surface area (Å²) in [6.45, 7) is 0. The number of nitrogens with zero attached hydrogens (tertiary/aromatic N) is 3. The van der Waals surface area contributed by atoms with Crippen LogP contribution >= 0.6 is 0 Å². The number of pyridine rings is 1. The second kappa shape index (κ2) is 4.87. The van der Waals surface area contributed by atoms with Gasteiger partial charge in [-0.05, 0) is 12.1 Å². The van der Waals surface area contributed by atoms with Gasteiger partial charge in [-0.2, -0.15) is 0 Å². The Hall–Kier alpha value is -1.91. The Morgan fingerprint density at radius 1 is 1.46 bits per heavy atom. The zero-order valence-electron chi connectivity index (χ0n) is 6.79. The molecule has 0 bridgehead atoms. The Morgan fingerprint density at radius 3 is 2.85 bits per heavy atom. The van der Waals surface area contributed by atoms with Gasteiger partial charge in [-0.1, -0.05) is 10.3 Å². The second-order valence-electron chi connectivity index (χ2n) is 2.12. The molecule has 0 amide bonds. The molecule has 0 spiro atoms. The molecule has 0 fully saturated rings. The predicted molar refractivity (Wildman–Crippen MR) is 47.7 cm³/mol. The number of oxime groups is 2. The summed E-state index contributed by atoms with van der Waals surface area (Å²) in [5.74, 6) is 0. The Balaban J connectivity index is 2.75. The van der Waals surface area contributed by atoms with Gasteiger partial charge in [0, 0.05) is 11.8 Å². The third-order valence-electron chi connectivity index (χ3n) is 1.28. The zero-order chi connectivity index (χ0) is 9.52. The molecule has 13 heavy (non-hydrogen) atoms. The standard InChI is InChI=1S/C8H8N3O2/c1-13-11-5-7-2-3-8(6-10-12)9-4-7/h2-6,12H,1H2/b10-6+,11-5+. The smallest absolute Gasteiger partial charge is 0.153 e. The molecule has 0 unspecified atom stereocenters. The summed E-state index contributed by atoms with van der Waals surface area (Å²) in [5, 5.41) is 14.5. The van der Waals surface area contributed by atoms with Crippen LogP contribution in [0.5, 0.6) is 0 Å². The lowest BCUT2D eigenvalue weighted by Crippen LogP contribution is -1.89. The van der Waals surface area contributed by atoms with Gasteiger partial charge in [-0.15, -0.1) is 0 Å². The molecular weight excluding hydrogens is 170 g/mol. The Kier molecular flexibility index (Phi) is 3.44. The number of hydrogen-bond acceptors (Lipinski definition) is 5. The molecule has 0 saturated carbocycles. The van der Waals surface area contributed by atoms with Crippen molar-refractivity contribution in [2.75, 3.05) is 0 Å². The summed E-state index contributed by atoms with van der Waals surface area (Å²) in [4.78, 5) is 8.19. The van der Waals surface area contributed by atoms with E-state index in [-0.39, 0.29) is 0 Å². The quantitative estimate of drug-likeness (QED) is 0.427. The van der Waals surface area contributed by atoms with Crippen molar-refractivity contribution in [1.82, 2.24) is 4.98 Å². The molecule has 67 valence electrons. The first-order chi connectivity index (χ1) is 6.36. The maximum atomic E-state index is 8.21. The molecule has 0 aromatic carbocycles. The maximum absolute atomic E-state index is 8.21. The van der Waals surface area contributed by atoms with Crippen LogP contribution < -0.4 is 0 Å². The van der Waals surface area contributed by atoms with Gasteiger partial charge in [-0.25, -0.2) is 0 Å². The monoisotopic (exact) mass is 178 g/mol. The average molecular weight is 178 g/mol. The van der Waals surface area contributed by atoms with Gasteiger partial charge in [-0.3, -0.25) is 4.98 Å². The summed E-state index contributed by atoms with van der Waals surface area (Å²) >= 11 is 0. The van der Waals surface area contributed by atoms with Gasteiger partial charge in [0.1, 0.15) is 0 Å². The van der Waals surface area contributed by atoms with Crippen molar-refractivity contribution >= 4 is 12.4 Å². The molecule has 0 aliphatic rings. The van der Waals surface area contributed by atoms with E-state index in [2.05, 4.69) is 27.2 Å². The average Bonchev–Trinajstić information content (AvgIpc) is 2.17. The first kappa shape index (κ1) is 9.18. The van der Waals surface area contributed by atoms with Crippen LogP contribution in [0.3, 0.4) is 0 Å². The minimum absolute atomic E-state index is 0.565. The lowest BCUT2D eigenvalue weighted by atomic mass is 10.3. The van der Waals surface area contributed by atoms with Crippen LogP contribution in [0.1, 0.15) is 11.3 Å². The highest BCUT2D eigenvalue weighted by Gasteiger charge is 1.90. The third-order valence-corrected chi connectivity index (χ3v) is 1.28. The second-order valence-corrected chi connectivity index (χ2v) is 2.12. The summed E-state index contributed by atoms with van der Waals surface area (Å²) in [7, 11) is 3.08. The topological polar surface area (TPSA) is 67.1 Å². The third kappa shape index (κ3) is 2.90. The van der Waals surface area contributed by atoms with E-state index in [4.69, 9.17) is 5.21 Å². The fourth-order valence-electron chi connectivity index (χ4n) is 0.727. The van der Waals surface area contributed by atoms with Crippen molar-refractivity contribution in [3.8, 4) is 0 Å². The molecule has 1 aromatic rings. The predicted octanol–water partition coefficient (Wildman–Crippen LogP) is 1.03. The van der Waals surface area contributed by atoms with Crippen LogP contribution in [-0.4, -0.2) is 22.6 Å². The van der Waals surface area contributed by atoms with E-state index >= 15 is 0 Å². The fraction of sp³-hybridized carbons (Fsp3) is 0. The van der Waals surface area contributed by atoms with Crippen LogP contribution in [0.25, 0.3) is 0 Å². The number of aromatic nitrogens is 1. The molecular formula is C8H8N3O2. The van der Waals surface area contributed by atoms with Crippen molar-refractivity contribution in [2.24, 2.45) is 10.3 Å². The highest BCUT2D eigenvalue weighted by Crippen LogP contribution is 1.95. The molecule has 1 N–H and O–H groups in total. The van der Waals surface area contributed by atoms with Crippen LogP contribution in [0, 0.1) is 7.11 Å². The van der Waals surface area contributed by atoms with Gasteiger partial charge in [0.15, 0.2) is 7.11 Å². The SMILES string of the molecule is [CH2]O/N=C/c1ccc(/C=N/O)nc1. The summed E-state index contributed by atoms with van der Waals surface area (Å²) in [5.41, 5.74) is 1.34. The van der Waals surface area contributed by atoms with E-state index in [0.29, 0.717) is 5.69 Å². The molecule has 1 aromatic heterocycles. The van der Waals surface area contributed by atoms with Crippen LogP contribution in [0.2, 0.25) is 0 Å². The van der Waals surface area contributed by atoms with Crippen molar-refractivity contribution in [3.05, 3.63) is 36.7 Å². The van der Waals surface area contributed by atoms with Crippen molar-refractivity contribution < 1.29 is 10.0 Å². The normalized spacial score (nSPS) is 11.2. The van der Waals surface area contributed by atoms with E-state index < -0.39 is 0 Å². The molecule has 1 radical (unpaired) electrons. The molecule has 0 atom stereocenters. The van der Waals surface area contributed by atoms with Crippen molar-refractivity contribution in [2.45, 2.75) is 0 Å². The van der Waals surface area contributed by atoms with Crippen molar-refractivity contribution in [3.63, 3.8) is 0 Å². The Labute approximate surface area is 75.4 Å².